The minimum Gasteiger partial charge on any atom is -0.423 e. The van der Waals surface area contributed by atoms with E-state index in [9.17, 15) is 4.79 Å². The molecular formula is C9H9BN4O3. The van der Waals surface area contributed by atoms with Gasteiger partial charge in [0.05, 0.1) is 0 Å². The smallest absolute Gasteiger partial charge is 0.423 e. The Morgan fingerprint density at radius 3 is 2.76 bits per heavy atom. The zero-order valence-corrected chi connectivity index (χ0v) is 8.66. The fourth-order valence-electron chi connectivity index (χ4n) is 1.45. The van der Waals surface area contributed by atoms with Crippen LogP contribution in [0.3, 0.4) is 0 Å². The van der Waals surface area contributed by atoms with E-state index in [1.807, 2.05) is 0 Å². The molecule has 7 nitrogen and oxygen atoms in total. The molecular weight excluding hydrogens is 223 g/mol. The molecule has 0 aliphatic rings. The number of carbonyl (C=O) groups is 1. The molecule has 0 radical (unpaired) electrons. The Hall–Kier alpha value is -2.19. The highest BCUT2D eigenvalue weighted by atomic mass is 16.4. The lowest BCUT2D eigenvalue weighted by atomic mass is 9.79. The van der Waals surface area contributed by atoms with E-state index in [-0.39, 0.29) is 11.4 Å². The number of carbonyl (C=O) groups excluding carboxylic acids is 1. The van der Waals surface area contributed by atoms with Gasteiger partial charge in [-0.2, -0.15) is 15.4 Å². The van der Waals surface area contributed by atoms with Gasteiger partial charge in [0.2, 0.25) is 0 Å². The average molecular weight is 232 g/mol. The number of rotatable bonds is 3. The largest absolute Gasteiger partial charge is 0.488 e. The third-order valence-corrected chi connectivity index (χ3v) is 2.24. The summed E-state index contributed by atoms with van der Waals surface area (Å²) in [4.78, 5) is 11.1. The minimum absolute atomic E-state index is 0.00887. The molecule has 0 aliphatic carbocycles. The van der Waals surface area contributed by atoms with Crippen LogP contribution in [0.25, 0.3) is 11.3 Å². The molecule has 0 unspecified atom stereocenters. The molecule has 8 heteroatoms. The Kier molecular flexibility index (Phi) is 2.90. The molecule has 1 aromatic heterocycles. The molecule has 1 amide bonds. The van der Waals surface area contributed by atoms with Gasteiger partial charge in [-0.1, -0.05) is 24.3 Å². The summed E-state index contributed by atoms with van der Waals surface area (Å²) >= 11 is 0. The molecule has 5 N–H and O–H groups in total. The zero-order chi connectivity index (χ0) is 12.4. The first kappa shape index (κ1) is 11.3. The van der Waals surface area contributed by atoms with Crippen molar-refractivity contribution >= 4 is 18.5 Å². The van der Waals surface area contributed by atoms with Gasteiger partial charge in [-0.25, -0.2) is 0 Å². The number of hydrogen-bond donors (Lipinski definition) is 4. The van der Waals surface area contributed by atoms with Crippen molar-refractivity contribution in [2.24, 2.45) is 5.73 Å². The first-order valence-corrected chi connectivity index (χ1v) is 4.76. The maximum absolute atomic E-state index is 11.1. The third kappa shape index (κ3) is 2.17. The second-order valence-corrected chi connectivity index (χ2v) is 3.38. The molecule has 1 aromatic carbocycles. The Morgan fingerprint density at radius 2 is 2.12 bits per heavy atom. The number of amides is 1. The van der Waals surface area contributed by atoms with E-state index in [0.717, 1.165) is 0 Å². The number of H-pyrrole nitrogens is 1. The molecule has 1 heterocycles. The van der Waals surface area contributed by atoms with Crippen LogP contribution in [0.5, 0.6) is 0 Å². The van der Waals surface area contributed by atoms with Crippen LogP contribution in [-0.2, 0) is 0 Å². The van der Waals surface area contributed by atoms with Gasteiger partial charge < -0.3 is 15.8 Å². The van der Waals surface area contributed by atoms with Crippen molar-refractivity contribution < 1.29 is 14.8 Å². The van der Waals surface area contributed by atoms with Crippen LogP contribution in [0.4, 0.5) is 0 Å². The van der Waals surface area contributed by atoms with Crippen LogP contribution in [0.2, 0.25) is 0 Å². The number of primary amides is 1. The van der Waals surface area contributed by atoms with Crippen molar-refractivity contribution in [3.8, 4) is 11.3 Å². The molecule has 2 rings (SSSR count). The lowest BCUT2D eigenvalue weighted by molar-refractivity contribution is 0.0996. The number of aromatic amines is 1. The van der Waals surface area contributed by atoms with Crippen LogP contribution in [-0.4, -0.2) is 38.5 Å². The van der Waals surface area contributed by atoms with Gasteiger partial charge in [0.25, 0.3) is 5.91 Å². The lowest BCUT2D eigenvalue weighted by Crippen LogP contribution is -2.29. The highest BCUT2D eigenvalue weighted by Gasteiger charge is 2.17. The number of nitrogens with one attached hydrogen (secondary N) is 1. The predicted octanol–water partition coefficient (Wildman–Crippen LogP) is -1.75. The quantitative estimate of drug-likeness (QED) is 0.467. The Bertz CT molecular complexity index is 555. The van der Waals surface area contributed by atoms with Gasteiger partial charge in [0.15, 0.2) is 5.69 Å². The van der Waals surface area contributed by atoms with E-state index in [0.29, 0.717) is 11.0 Å². The van der Waals surface area contributed by atoms with Crippen molar-refractivity contribution in [3.63, 3.8) is 0 Å². The third-order valence-electron chi connectivity index (χ3n) is 2.24. The molecule has 86 valence electrons. The van der Waals surface area contributed by atoms with Crippen LogP contribution in [0, 0.1) is 0 Å². The highest BCUT2D eigenvalue weighted by molar-refractivity contribution is 6.58. The topological polar surface area (TPSA) is 125 Å². The summed E-state index contributed by atoms with van der Waals surface area (Å²) in [5.41, 5.74) is 6.24. The maximum atomic E-state index is 11.1. The van der Waals surface area contributed by atoms with Gasteiger partial charge in [0.1, 0.15) is 5.69 Å². The monoisotopic (exact) mass is 232 g/mol. The summed E-state index contributed by atoms with van der Waals surface area (Å²) in [6.45, 7) is 0. The molecule has 0 saturated carbocycles. The standard InChI is InChI=1S/C9H9BN4O3/c11-9(15)8-7(12-14-13-8)5-2-1-3-6(4-5)10(16)17/h1-4,16-17H,(H2,11,15)(H,12,13,14). The van der Waals surface area contributed by atoms with E-state index >= 15 is 0 Å². The number of benzene rings is 1. The van der Waals surface area contributed by atoms with E-state index in [1.54, 1.807) is 12.1 Å². The fourth-order valence-corrected chi connectivity index (χ4v) is 1.45. The number of hydrogen-bond acceptors (Lipinski definition) is 5. The zero-order valence-electron chi connectivity index (χ0n) is 8.66. The van der Waals surface area contributed by atoms with E-state index < -0.39 is 13.0 Å². The summed E-state index contributed by atoms with van der Waals surface area (Å²) in [6.07, 6.45) is 0. The lowest BCUT2D eigenvalue weighted by Gasteiger charge is -2.02. The molecule has 2 aromatic rings. The second-order valence-electron chi connectivity index (χ2n) is 3.38. The van der Waals surface area contributed by atoms with Crippen molar-refractivity contribution in [1.29, 1.82) is 0 Å². The Morgan fingerprint density at radius 1 is 1.35 bits per heavy atom. The van der Waals surface area contributed by atoms with Crippen LogP contribution >= 0.6 is 0 Å². The number of nitrogens with two attached hydrogens (primary N) is 1. The van der Waals surface area contributed by atoms with Crippen LogP contribution in [0.15, 0.2) is 24.3 Å². The van der Waals surface area contributed by atoms with Gasteiger partial charge in [-0.05, 0) is 5.46 Å². The predicted molar refractivity (Wildman–Crippen MR) is 60.2 cm³/mol. The normalized spacial score (nSPS) is 10.2. The minimum atomic E-state index is -1.58. The molecule has 0 aliphatic heterocycles. The second kappa shape index (κ2) is 4.36. The van der Waals surface area contributed by atoms with E-state index in [2.05, 4.69) is 15.4 Å². The van der Waals surface area contributed by atoms with Crippen molar-refractivity contribution in [1.82, 2.24) is 15.4 Å². The average Bonchev–Trinajstić information content (AvgIpc) is 2.78. The summed E-state index contributed by atoms with van der Waals surface area (Å²) in [5, 5.41) is 27.8. The summed E-state index contributed by atoms with van der Waals surface area (Å²) in [5.74, 6) is -0.705. The number of nitrogens with zero attached hydrogens (tertiary/aromatic N) is 2. The molecule has 0 spiro atoms. The van der Waals surface area contributed by atoms with Gasteiger partial charge in [0, 0.05) is 5.56 Å². The fraction of sp³-hybridized carbons (Fsp3) is 0. The highest BCUT2D eigenvalue weighted by Crippen LogP contribution is 2.17. The molecule has 0 atom stereocenters. The van der Waals surface area contributed by atoms with E-state index in [4.69, 9.17) is 15.8 Å². The molecule has 0 bridgehead atoms. The van der Waals surface area contributed by atoms with Crippen molar-refractivity contribution in [2.45, 2.75) is 0 Å². The summed E-state index contributed by atoms with van der Waals surface area (Å²) in [7, 11) is -1.58. The first-order chi connectivity index (χ1) is 8.09. The molecule has 17 heavy (non-hydrogen) atoms. The van der Waals surface area contributed by atoms with Crippen molar-refractivity contribution in [2.75, 3.05) is 0 Å². The Labute approximate surface area is 96.4 Å². The van der Waals surface area contributed by atoms with E-state index in [1.165, 1.54) is 12.1 Å². The first-order valence-electron chi connectivity index (χ1n) is 4.76. The Balaban J connectivity index is 2.49. The van der Waals surface area contributed by atoms with Crippen molar-refractivity contribution in [3.05, 3.63) is 30.0 Å². The van der Waals surface area contributed by atoms with Gasteiger partial charge in [-0.3, -0.25) is 4.79 Å². The van der Waals surface area contributed by atoms with Crippen LogP contribution in [0.1, 0.15) is 10.5 Å². The summed E-state index contributed by atoms with van der Waals surface area (Å²) in [6, 6.07) is 6.31. The van der Waals surface area contributed by atoms with Crippen LogP contribution < -0.4 is 11.2 Å². The maximum Gasteiger partial charge on any atom is 0.488 e. The molecule has 0 saturated heterocycles. The van der Waals surface area contributed by atoms with Gasteiger partial charge in [-0.15, -0.1) is 0 Å². The summed E-state index contributed by atoms with van der Waals surface area (Å²) < 4.78 is 0. The SMILES string of the molecule is NC(=O)c1n[nH]nc1-c1cccc(B(O)O)c1. The number of aromatic nitrogens is 3. The van der Waals surface area contributed by atoms with Gasteiger partial charge >= 0.3 is 7.12 Å². The molecule has 0 fully saturated rings.